The lowest BCUT2D eigenvalue weighted by molar-refractivity contribution is -0.138. The Morgan fingerprint density at radius 3 is 2.82 bits per heavy atom. The summed E-state index contributed by atoms with van der Waals surface area (Å²) >= 11 is 3.27. The summed E-state index contributed by atoms with van der Waals surface area (Å²) in [7, 11) is 0. The van der Waals surface area contributed by atoms with Gasteiger partial charge in [-0.25, -0.2) is 10.1 Å². The number of benzene rings is 1. The molecular weight excluding hydrogens is 439 g/mol. The number of aromatic amines is 1. The first-order valence-corrected chi connectivity index (χ1v) is 9.30. The zero-order valence-corrected chi connectivity index (χ0v) is 16.1. The molecule has 0 amide bonds. The van der Waals surface area contributed by atoms with Crippen molar-refractivity contribution in [2.75, 3.05) is 11.4 Å². The highest BCUT2D eigenvalue weighted by molar-refractivity contribution is 9.10. The Bertz CT molecular complexity index is 1080. The molecule has 4 rings (SSSR count). The average molecular weight is 454 g/mol. The number of hydrogen-bond acceptors (Lipinski definition) is 4. The van der Waals surface area contributed by atoms with Gasteiger partial charge in [0.2, 0.25) is 0 Å². The summed E-state index contributed by atoms with van der Waals surface area (Å²) in [5.41, 5.74) is 1.60. The topological polar surface area (TPSA) is 66.8 Å². The Morgan fingerprint density at radius 2 is 2.04 bits per heavy atom. The van der Waals surface area contributed by atoms with Gasteiger partial charge >= 0.3 is 6.18 Å². The number of H-pyrrole nitrogens is 1. The Labute approximate surface area is 166 Å². The van der Waals surface area contributed by atoms with E-state index in [1.807, 2.05) is 4.90 Å². The van der Waals surface area contributed by atoms with E-state index in [2.05, 4.69) is 31.1 Å². The summed E-state index contributed by atoms with van der Waals surface area (Å²) in [6.45, 7) is 1.16. The molecule has 1 aromatic carbocycles. The molecule has 2 aromatic heterocycles. The Kier molecular flexibility index (Phi) is 4.74. The second kappa shape index (κ2) is 7.08. The lowest BCUT2D eigenvalue weighted by Crippen LogP contribution is -2.33. The lowest BCUT2D eigenvalue weighted by atomic mass is 10.1. The van der Waals surface area contributed by atoms with Gasteiger partial charge in [-0.15, -0.1) is 0 Å². The van der Waals surface area contributed by atoms with Gasteiger partial charge in [-0.3, -0.25) is 4.79 Å². The van der Waals surface area contributed by atoms with Gasteiger partial charge in [0.05, 0.1) is 36.0 Å². The van der Waals surface area contributed by atoms with E-state index in [0.717, 1.165) is 17.5 Å². The van der Waals surface area contributed by atoms with Crippen LogP contribution in [0.3, 0.4) is 0 Å². The maximum Gasteiger partial charge on any atom is 0.416 e. The number of anilines is 1. The van der Waals surface area contributed by atoms with Gasteiger partial charge in [0.15, 0.2) is 0 Å². The van der Waals surface area contributed by atoms with E-state index in [1.165, 1.54) is 12.1 Å². The number of imidazole rings is 1. The fraction of sp³-hybridized carbons (Fsp3) is 0.278. The fourth-order valence-corrected chi connectivity index (χ4v) is 3.87. The summed E-state index contributed by atoms with van der Waals surface area (Å²) in [6.07, 6.45) is -0.657. The maximum absolute atomic E-state index is 13.3. The van der Waals surface area contributed by atoms with Crippen molar-refractivity contribution < 1.29 is 13.2 Å². The minimum Gasteiger partial charge on any atom is -0.363 e. The molecule has 0 saturated heterocycles. The van der Waals surface area contributed by atoms with Crippen LogP contribution in [0, 0.1) is 0 Å². The fourth-order valence-electron chi connectivity index (χ4n) is 3.42. The third-order valence-electron chi connectivity index (χ3n) is 4.77. The van der Waals surface area contributed by atoms with Crippen molar-refractivity contribution in [1.82, 2.24) is 19.7 Å². The van der Waals surface area contributed by atoms with E-state index in [0.29, 0.717) is 29.7 Å². The number of nitrogens with one attached hydrogen (secondary N) is 1. The van der Waals surface area contributed by atoms with Crippen LogP contribution >= 0.6 is 15.9 Å². The van der Waals surface area contributed by atoms with Crippen LogP contribution in [-0.2, 0) is 25.7 Å². The van der Waals surface area contributed by atoms with Gasteiger partial charge in [0, 0.05) is 25.2 Å². The van der Waals surface area contributed by atoms with Gasteiger partial charge in [0.1, 0.15) is 4.47 Å². The van der Waals surface area contributed by atoms with Gasteiger partial charge in [-0.2, -0.15) is 18.3 Å². The van der Waals surface area contributed by atoms with Gasteiger partial charge in [-0.1, -0.05) is 18.2 Å². The molecule has 28 heavy (non-hydrogen) atoms. The maximum atomic E-state index is 13.3. The zero-order chi connectivity index (χ0) is 19.9. The van der Waals surface area contributed by atoms with Crippen LogP contribution in [0.4, 0.5) is 18.9 Å². The summed E-state index contributed by atoms with van der Waals surface area (Å²) in [4.78, 5) is 18.1. The molecule has 1 N–H and O–H groups in total. The minimum absolute atomic E-state index is 0.105. The molecule has 3 heterocycles. The second-order valence-corrected chi connectivity index (χ2v) is 7.28. The van der Waals surface area contributed by atoms with E-state index in [-0.39, 0.29) is 17.7 Å². The summed E-state index contributed by atoms with van der Waals surface area (Å²) in [5, 5.41) is 6.18. The highest BCUT2D eigenvalue weighted by Crippen LogP contribution is 2.33. The molecule has 0 spiro atoms. The second-order valence-electron chi connectivity index (χ2n) is 6.49. The monoisotopic (exact) mass is 453 g/mol. The predicted molar refractivity (Wildman–Crippen MR) is 100 cm³/mol. The number of nitrogens with zero attached hydrogens (tertiary/aromatic N) is 4. The zero-order valence-electron chi connectivity index (χ0n) is 14.5. The SMILES string of the molecule is O=c1[nH]ncc(N2CCc3c(ncn3Cc3ccccc3C(F)(F)F)C2)c1Br. The highest BCUT2D eigenvalue weighted by Gasteiger charge is 2.33. The van der Waals surface area contributed by atoms with Crippen LogP contribution < -0.4 is 10.5 Å². The molecule has 0 unspecified atom stereocenters. The quantitative estimate of drug-likeness (QED) is 0.660. The van der Waals surface area contributed by atoms with Crippen molar-refractivity contribution >= 4 is 21.6 Å². The van der Waals surface area contributed by atoms with E-state index in [1.54, 1.807) is 23.2 Å². The number of rotatable bonds is 3. The molecule has 1 aliphatic heterocycles. The molecule has 0 saturated carbocycles. The van der Waals surface area contributed by atoms with E-state index in [9.17, 15) is 18.0 Å². The molecule has 10 heteroatoms. The molecule has 0 radical (unpaired) electrons. The van der Waals surface area contributed by atoms with Crippen LogP contribution in [0.5, 0.6) is 0 Å². The Balaban J connectivity index is 1.61. The minimum atomic E-state index is -4.40. The molecule has 1 aliphatic rings. The first-order valence-electron chi connectivity index (χ1n) is 8.50. The van der Waals surface area contributed by atoms with Gasteiger partial charge < -0.3 is 9.47 Å². The Morgan fingerprint density at radius 1 is 1.25 bits per heavy atom. The van der Waals surface area contributed by atoms with Crippen molar-refractivity contribution in [2.24, 2.45) is 0 Å². The summed E-state index contributed by atoms with van der Waals surface area (Å²) in [6, 6.07) is 5.58. The molecule has 0 atom stereocenters. The van der Waals surface area contributed by atoms with Crippen molar-refractivity contribution in [2.45, 2.75) is 25.7 Å². The number of hydrogen-bond donors (Lipinski definition) is 1. The predicted octanol–water partition coefficient (Wildman–Crippen LogP) is 3.36. The van der Waals surface area contributed by atoms with Crippen LogP contribution in [0.2, 0.25) is 0 Å². The van der Waals surface area contributed by atoms with Crippen molar-refractivity contribution in [3.63, 3.8) is 0 Å². The van der Waals surface area contributed by atoms with Crippen molar-refractivity contribution in [3.05, 3.63) is 74.1 Å². The average Bonchev–Trinajstić information content (AvgIpc) is 3.06. The van der Waals surface area contributed by atoms with Crippen LogP contribution in [0.25, 0.3) is 0 Å². The van der Waals surface area contributed by atoms with E-state index in [4.69, 9.17) is 0 Å². The largest absolute Gasteiger partial charge is 0.416 e. The number of fused-ring (bicyclic) bond motifs is 1. The molecule has 0 fully saturated rings. The lowest BCUT2D eigenvalue weighted by Gasteiger charge is -2.29. The first-order chi connectivity index (χ1) is 13.3. The molecule has 146 valence electrons. The third-order valence-corrected chi connectivity index (χ3v) is 5.54. The van der Waals surface area contributed by atoms with E-state index < -0.39 is 11.7 Å². The smallest absolute Gasteiger partial charge is 0.363 e. The van der Waals surface area contributed by atoms with Gasteiger partial charge in [-0.05, 0) is 27.6 Å². The normalized spacial score (nSPS) is 14.2. The third kappa shape index (κ3) is 3.44. The highest BCUT2D eigenvalue weighted by atomic mass is 79.9. The molecule has 0 bridgehead atoms. The summed E-state index contributed by atoms with van der Waals surface area (Å²) in [5.74, 6) is 0. The standard InChI is InChI=1S/C18H15BrF3N5O/c19-16-15(7-24-25-17(16)28)26-6-5-14-13(9-26)23-10-27(14)8-11-3-1-2-4-12(11)18(20,21)22/h1-4,7,10H,5-6,8-9H2,(H,25,28). The number of aromatic nitrogens is 4. The molecule has 0 aliphatic carbocycles. The van der Waals surface area contributed by atoms with E-state index >= 15 is 0 Å². The van der Waals surface area contributed by atoms with Crippen LogP contribution in [0.15, 0.2) is 46.1 Å². The van der Waals surface area contributed by atoms with Gasteiger partial charge in [0.25, 0.3) is 5.56 Å². The molecular formula is C18H15BrF3N5O. The van der Waals surface area contributed by atoms with Crippen LogP contribution in [-0.4, -0.2) is 26.3 Å². The Hall–Kier alpha value is -2.62. The number of alkyl halides is 3. The van der Waals surface area contributed by atoms with Crippen molar-refractivity contribution in [1.29, 1.82) is 0 Å². The summed E-state index contributed by atoms with van der Waals surface area (Å²) < 4.78 is 41.9. The first kappa shape index (κ1) is 18.7. The molecule has 3 aromatic rings. The molecule has 6 nitrogen and oxygen atoms in total. The van der Waals surface area contributed by atoms with Crippen LogP contribution in [0.1, 0.15) is 22.5 Å². The van der Waals surface area contributed by atoms with Crippen molar-refractivity contribution in [3.8, 4) is 0 Å². The number of halogens is 4.